The van der Waals surface area contributed by atoms with E-state index in [4.69, 9.17) is 0 Å². The fraction of sp³-hybridized carbons (Fsp3) is 0.368. The molecule has 0 amide bonds. The second-order valence-corrected chi connectivity index (χ2v) is 6.62. The lowest BCUT2D eigenvalue weighted by Crippen LogP contribution is -2.40. The van der Waals surface area contributed by atoms with Crippen LogP contribution in [0.2, 0.25) is 0 Å². The molecule has 0 radical (unpaired) electrons. The van der Waals surface area contributed by atoms with Gasteiger partial charge in [-0.15, -0.1) is 0 Å². The van der Waals surface area contributed by atoms with Crippen LogP contribution in [-0.4, -0.2) is 32.9 Å². The highest BCUT2D eigenvalue weighted by molar-refractivity contribution is 5.54. The van der Waals surface area contributed by atoms with Gasteiger partial charge in [0.15, 0.2) is 0 Å². The molecule has 1 N–H and O–H groups in total. The maximum Gasteiger partial charge on any atom is 0.109 e. The third-order valence-electron chi connectivity index (χ3n) is 5.21. The SMILES string of the molecule is CC1CC(c2ncc3nccc-3[nH]2)CC(c2ccccc2)N1C. The van der Waals surface area contributed by atoms with E-state index in [2.05, 4.69) is 64.2 Å². The predicted octanol–water partition coefficient (Wildman–Crippen LogP) is 3.85. The van der Waals surface area contributed by atoms with Crippen molar-refractivity contribution in [2.75, 3.05) is 7.05 Å². The maximum absolute atomic E-state index is 4.65. The number of aromatic nitrogens is 3. The van der Waals surface area contributed by atoms with E-state index in [1.54, 1.807) is 0 Å². The van der Waals surface area contributed by atoms with Crippen LogP contribution < -0.4 is 0 Å². The monoisotopic (exact) mass is 306 g/mol. The van der Waals surface area contributed by atoms with E-state index in [1.165, 1.54) is 5.56 Å². The Balaban J connectivity index is 1.66. The first-order chi connectivity index (χ1) is 11.2. The van der Waals surface area contributed by atoms with Crippen molar-refractivity contribution in [1.82, 2.24) is 19.9 Å². The largest absolute Gasteiger partial charge is 0.342 e. The van der Waals surface area contributed by atoms with Crippen molar-refractivity contribution in [2.45, 2.75) is 37.8 Å². The van der Waals surface area contributed by atoms with Gasteiger partial charge in [-0.1, -0.05) is 30.3 Å². The van der Waals surface area contributed by atoms with Crippen LogP contribution in [0.1, 0.15) is 43.1 Å². The quantitative estimate of drug-likeness (QED) is 0.782. The van der Waals surface area contributed by atoms with Gasteiger partial charge in [0.1, 0.15) is 11.5 Å². The van der Waals surface area contributed by atoms with Gasteiger partial charge in [0.05, 0.1) is 11.9 Å². The molecular weight excluding hydrogens is 284 g/mol. The molecule has 4 rings (SSSR count). The van der Waals surface area contributed by atoms with Crippen molar-refractivity contribution in [3.8, 4) is 11.4 Å². The Morgan fingerprint density at radius 2 is 1.91 bits per heavy atom. The first-order valence-electron chi connectivity index (χ1n) is 8.29. The van der Waals surface area contributed by atoms with E-state index in [0.29, 0.717) is 18.0 Å². The molecule has 0 bridgehead atoms. The van der Waals surface area contributed by atoms with Crippen molar-refractivity contribution in [3.63, 3.8) is 0 Å². The summed E-state index contributed by atoms with van der Waals surface area (Å²) in [5.74, 6) is 1.54. The van der Waals surface area contributed by atoms with Crippen LogP contribution in [0, 0.1) is 0 Å². The van der Waals surface area contributed by atoms with Gasteiger partial charge in [-0.3, -0.25) is 9.88 Å². The fourth-order valence-corrected chi connectivity index (χ4v) is 3.75. The molecule has 1 fully saturated rings. The molecule has 4 nitrogen and oxygen atoms in total. The zero-order valence-electron chi connectivity index (χ0n) is 13.6. The smallest absolute Gasteiger partial charge is 0.109 e. The first kappa shape index (κ1) is 14.4. The van der Waals surface area contributed by atoms with Crippen LogP contribution in [0.4, 0.5) is 0 Å². The number of rotatable bonds is 2. The summed E-state index contributed by atoms with van der Waals surface area (Å²) in [5, 5.41) is 0. The fourth-order valence-electron chi connectivity index (χ4n) is 3.75. The van der Waals surface area contributed by atoms with Crippen LogP contribution >= 0.6 is 0 Å². The lowest BCUT2D eigenvalue weighted by molar-refractivity contribution is 0.109. The number of fused-ring (bicyclic) bond motifs is 1. The zero-order chi connectivity index (χ0) is 15.8. The summed E-state index contributed by atoms with van der Waals surface area (Å²) in [4.78, 5) is 14.9. The van der Waals surface area contributed by atoms with Gasteiger partial charge < -0.3 is 4.98 Å². The molecule has 0 saturated carbocycles. The lowest BCUT2D eigenvalue weighted by atomic mass is 9.83. The molecule has 23 heavy (non-hydrogen) atoms. The highest BCUT2D eigenvalue weighted by atomic mass is 15.2. The number of nitrogens with one attached hydrogen (secondary N) is 1. The Bertz CT molecular complexity index is 751. The van der Waals surface area contributed by atoms with Crippen molar-refractivity contribution < 1.29 is 0 Å². The third kappa shape index (κ3) is 2.63. The standard InChI is InChI=1S/C19H22N4/c1-13-10-15(19-21-12-17-16(22-19)8-9-20-17)11-18(23(13)2)14-6-4-3-5-7-14/h3-9,12-13,15,18H,10-11H2,1-2H3,(H,21,22). The predicted molar refractivity (Wildman–Crippen MR) is 91.4 cm³/mol. The van der Waals surface area contributed by atoms with Gasteiger partial charge in [-0.05, 0) is 38.4 Å². The van der Waals surface area contributed by atoms with E-state index in [1.807, 2.05) is 18.5 Å². The normalized spacial score (nSPS) is 25.7. The van der Waals surface area contributed by atoms with Crippen molar-refractivity contribution >= 4 is 0 Å². The summed E-state index contributed by atoms with van der Waals surface area (Å²) < 4.78 is 0. The number of likely N-dealkylation sites (tertiary alicyclic amines) is 1. The Morgan fingerprint density at radius 1 is 1.09 bits per heavy atom. The van der Waals surface area contributed by atoms with Crippen molar-refractivity contribution in [1.29, 1.82) is 0 Å². The van der Waals surface area contributed by atoms with Gasteiger partial charge in [-0.2, -0.15) is 0 Å². The van der Waals surface area contributed by atoms with E-state index in [0.717, 1.165) is 30.1 Å². The Kier molecular flexibility index (Phi) is 3.62. The van der Waals surface area contributed by atoms with E-state index in [9.17, 15) is 0 Å². The molecule has 0 spiro atoms. The average molecular weight is 306 g/mol. The van der Waals surface area contributed by atoms with Gasteiger partial charge in [0, 0.05) is 24.2 Å². The third-order valence-corrected chi connectivity index (χ3v) is 5.21. The highest BCUT2D eigenvalue weighted by Gasteiger charge is 2.33. The summed E-state index contributed by atoms with van der Waals surface area (Å²) in [5.41, 5.74) is 3.41. The number of hydrogen-bond donors (Lipinski definition) is 1. The maximum atomic E-state index is 4.65. The number of benzene rings is 1. The number of piperidine rings is 1. The average Bonchev–Trinajstić information content (AvgIpc) is 3.05. The molecule has 3 aliphatic heterocycles. The second kappa shape index (κ2) is 5.78. The molecular formula is C19H22N4. The molecule has 3 atom stereocenters. The van der Waals surface area contributed by atoms with Crippen LogP contribution in [-0.2, 0) is 0 Å². The molecule has 0 aliphatic carbocycles. The summed E-state index contributed by atoms with van der Waals surface area (Å²) >= 11 is 0. The summed E-state index contributed by atoms with van der Waals surface area (Å²) in [6.45, 7) is 2.31. The molecule has 3 aliphatic rings. The molecule has 3 heterocycles. The molecule has 0 aromatic heterocycles. The molecule has 1 aromatic carbocycles. The second-order valence-electron chi connectivity index (χ2n) is 6.62. The Morgan fingerprint density at radius 3 is 2.74 bits per heavy atom. The lowest BCUT2D eigenvalue weighted by Gasteiger charge is -2.42. The zero-order valence-corrected chi connectivity index (χ0v) is 13.6. The van der Waals surface area contributed by atoms with Gasteiger partial charge in [-0.25, -0.2) is 4.98 Å². The number of H-pyrrole nitrogens is 1. The number of aromatic amines is 1. The van der Waals surface area contributed by atoms with Crippen LogP contribution in [0.5, 0.6) is 0 Å². The molecule has 1 aromatic rings. The minimum Gasteiger partial charge on any atom is -0.342 e. The first-order valence-corrected chi connectivity index (χ1v) is 8.29. The van der Waals surface area contributed by atoms with E-state index < -0.39 is 0 Å². The van der Waals surface area contributed by atoms with Crippen LogP contribution in [0.15, 0.2) is 48.8 Å². The Labute approximate surface area is 136 Å². The topological polar surface area (TPSA) is 44.8 Å². The minimum atomic E-state index is 0.439. The van der Waals surface area contributed by atoms with Gasteiger partial charge in [0.2, 0.25) is 0 Å². The molecule has 4 heteroatoms. The minimum absolute atomic E-state index is 0.439. The highest BCUT2D eigenvalue weighted by Crippen LogP contribution is 2.40. The molecule has 118 valence electrons. The van der Waals surface area contributed by atoms with Crippen molar-refractivity contribution in [2.24, 2.45) is 0 Å². The Hall–Kier alpha value is -2.20. The van der Waals surface area contributed by atoms with Crippen LogP contribution in [0.25, 0.3) is 11.4 Å². The summed E-state index contributed by atoms with van der Waals surface area (Å²) in [6.07, 6.45) is 5.94. The van der Waals surface area contributed by atoms with Crippen LogP contribution in [0.3, 0.4) is 0 Å². The molecule has 1 saturated heterocycles. The van der Waals surface area contributed by atoms with Crippen molar-refractivity contribution in [3.05, 3.63) is 60.2 Å². The number of hydrogen-bond acceptors (Lipinski definition) is 3. The van der Waals surface area contributed by atoms with E-state index >= 15 is 0 Å². The summed E-state index contributed by atoms with van der Waals surface area (Å²) in [7, 11) is 2.24. The van der Waals surface area contributed by atoms with E-state index in [-0.39, 0.29) is 0 Å². The summed E-state index contributed by atoms with van der Waals surface area (Å²) in [6, 6.07) is 13.8. The number of nitrogens with zero attached hydrogens (tertiary/aromatic N) is 3. The van der Waals surface area contributed by atoms with Gasteiger partial charge >= 0.3 is 0 Å². The molecule has 3 unspecified atom stereocenters. The van der Waals surface area contributed by atoms with Gasteiger partial charge in [0.25, 0.3) is 0 Å².